The largest absolute Gasteiger partial charge is 0.446 e. The number of ether oxygens (including phenoxy) is 1. The van der Waals surface area contributed by atoms with Gasteiger partial charge in [-0.15, -0.1) is 11.3 Å². The number of oxazole rings is 1. The number of thiazole rings is 1. The quantitative estimate of drug-likeness (QED) is 0.408. The van der Waals surface area contributed by atoms with E-state index in [0.29, 0.717) is 37.5 Å². The van der Waals surface area contributed by atoms with Crippen LogP contribution >= 0.6 is 11.3 Å². The summed E-state index contributed by atoms with van der Waals surface area (Å²) in [7, 11) is 0. The molecule has 4 bridgehead atoms. The van der Waals surface area contributed by atoms with Crippen LogP contribution in [0.2, 0.25) is 0 Å². The third-order valence-electron chi connectivity index (χ3n) is 7.53. The second kappa shape index (κ2) is 13.9. The highest BCUT2D eigenvalue weighted by Gasteiger charge is 2.30. The first-order valence-corrected chi connectivity index (χ1v) is 15.4. The maximum absolute atomic E-state index is 13.4. The molecular formula is C30H36N6O6S. The first kappa shape index (κ1) is 30.4. The van der Waals surface area contributed by atoms with Crippen LogP contribution in [-0.2, 0) is 20.7 Å². The topological polar surface area (TPSA) is 156 Å². The number of rotatable bonds is 4. The van der Waals surface area contributed by atoms with Gasteiger partial charge in [-0.25, -0.2) is 9.97 Å². The zero-order valence-electron chi connectivity index (χ0n) is 24.2. The molecule has 5 rings (SSSR count). The predicted octanol–water partition coefficient (Wildman–Crippen LogP) is 2.66. The van der Waals surface area contributed by atoms with Gasteiger partial charge in [-0.3, -0.25) is 19.2 Å². The summed E-state index contributed by atoms with van der Waals surface area (Å²) in [4.78, 5) is 63.5. The fourth-order valence-corrected chi connectivity index (χ4v) is 6.16. The Morgan fingerprint density at radius 1 is 1.05 bits per heavy atom. The summed E-state index contributed by atoms with van der Waals surface area (Å²) >= 11 is 1.28. The number of amides is 4. The van der Waals surface area contributed by atoms with Gasteiger partial charge in [-0.05, 0) is 24.3 Å². The number of hydrogen-bond donors (Lipinski definition) is 3. The highest BCUT2D eigenvalue weighted by atomic mass is 32.1. The third kappa shape index (κ3) is 7.65. The summed E-state index contributed by atoms with van der Waals surface area (Å²) < 4.78 is 11.1. The Morgan fingerprint density at radius 2 is 1.81 bits per heavy atom. The summed E-state index contributed by atoms with van der Waals surface area (Å²) in [5.74, 6) is -1.53. The Bertz CT molecular complexity index is 1430. The molecule has 0 spiro atoms. The Balaban J connectivity index is 1.44. The molecular weight excluding hydrogens is 572 g/mol. The fourth-order valence-electron chi connectivity index (χ4n) is 5.14. The minimum absolute atomic E-state index is 0.0351. The average molecular weight is 609 g/mol. The molecule has 4 amide bonds. The van der Waals surface area contributed by atoms with Crippen molar-refractivity contribution in [2.75, 3.05) is 32.8 Å². The lowest BCUT2D eigenvalue weighted by Crippen LogP contribution is -2.48. The van der Waals surface area contributed by atoms with Gasteiger partial charge in [0.15, 0.2) is 5.69 Å². The molecule has 4 heterocycles. The molecule has 12 nitrogen and oxygen atoms in total. The van der Waals surface area contributed by atoms with E-state index in [1.54, 1.807) is 5.38 Å². The number of carbonyl (C=O) groups excluding carboxylic acids is 4. The molecule has 1 aromatic carbocycles. The van der Waals surface area contributed by atoms with Gasteiger partial charge in [0, 0.05) is 44.0 Å². The van der Waals surface area contributed by atoms with E-state index in [9.17, 15) is 19.2 Å². The molecule has 13 heteroatoms. The zero-order valence-corrected chi connectivity index (χ0v) is 25.0. The van der Waals surface area contributed by atoms with Crippen LogP contribution in [0.3, 0.4) is 0 Å². The Labute approximate surface area is 253 Å². The van der Waals surface area contributed by atoms with E-state index in [1.165, 1.54) is 22.5 Å². The van der Waals surface area contributed by atoms with E-state index in [2.05, 4.69) is 25.9 Å². The summed E-state index contributed by atoms with van der Waals surface area (Å²) in [6.07, 6.45) is 2.77. The second-order valence-electron chi connectivity index (χ2n) is 11.0. The van der Waals surface area contributed by atoms with Crippen molar-refractivity contribution in [3.63, 3.8) is 0 Å². The van der Waals surface area contributed by atoms with E-state index in [4.69, 9.17) is 9.15 Å². The standard InChI is InChI=1S/C30H36N6O6S/c1-18(2)25-29-34-23(17-43-29)27(39)32-21(14-19-6-4-3-5-7-19)28-33-22(16-42-28)26(38)31-10-11-36(15-24(37)35-25)30(40)20-8-12-41-13-9-20/h3-7,16-18,20-21,25H,8-15H2,1-2H3,(H,31,38)(H,32,39)(H,35,37)/t21-,25-/m0/s1. The van der Waals surface area contributed by atoms with Gasteiger partial charge >= 0.3 is 0 Å². The molecule has 1 saturated heterocycles. The van der Waals surface area contributed by atoms with Crippen molar-refractivity contribution in [3.8, 4) is 0 Å². The summed E-state index contributed by atoms with van der Waals surface area (Å²) in [6.45, 7) is 4.95. The Hall–Kier alpha value is -4.10. The van der Waals surface area contributed by atoms with E-state index in [0.717, 1.165) is 5.56 Å². The molecule has 0 unspecified atom stereocenters. The number of aromatic nitrogens is 2. The van der Waals surface area contributed by atoms with Gasteiger partial charge in [0.05, 0.1) is 12.6 Å². The average Bonchev–Trinajstić information content (AvgIpc) is 3.70. The van der Waals surface area contributed by atoms with E-state index < -0.39 is 23.9 Å². The zero-order chi connectivity index (χ0) is 30.3. The number of nitrogens with zero attached hydrogens (tertiary/aromatic N) is 3. The Morgan fingerprint density at radius 3 is 2.56 bits per heavy atom. The molecule has 43 heavy (non-hydrogen) atoms. The smallest absolute Gasteiger partial charge is 0.273 e. The Kier molecular flexibility index (Phi) is 9.82. The van der Waals surface area contributed by atoms with Crippen molar-refractivity contribution in [3.05, 3.63) is 69.8 Å². The molecule has 3 N–H and O–H groups in total. The maximum Gasteiger partial charge on any atom is 0.273 e. The molecule has 0 radical (unpaired) electrons. The van der Waals surface area contributed by atoms with Crippen molar-refractivity contribution >= 4 is 35.0 Å². The molecule has 1 fully saturated rings. The highest BCUT2D eigenvalue weighted by molar-refractivity contribution is 7.09. The fraction of sp³-hybridized carbons (Fsp3) is 0.467. The lowest BCUT2D eigenvalue weighted by molar-refractivity contribution is -0.142. The summed E-state index contributed by atoms with van der Waals surface area (Å²) in [6, 6.07) is 8.42. The molecule has 0 saturated carbocycles. The lowest BCUT2D eigenvalue weighted by Gasteiger charge is -2.30. The minimum Gasteiger partial charge on any atom is -0.446 e. The molecule has 3 aromatic rings. The highest BCUT2D eigenvalue weighted by Crippen LogP contribution is 2.26. The normalized spacial score (nSPS) is 21.0. The first-order chi connectivity index (χ1) is 20.8. The van der Waals surface area contributed by atoms with Gasteiger partial charge in [-0.1, -0.05) is 44.2 Å². The van der Waals surface area contributed by atoms with Crippen LogP contribution in [0.5, 0.6) is 0 Å². The molecule has 2 aromatic heterocycles. The SMILES string of the molecule is CC(C)[C@@H]1NC(=O)CN(C(=O)C2CCOCC2)CCNC(=O)c2coc(n2)[C@H](Cc2ccccc2)NC(=O)c2csc1n2. The molecule has 2 atom stereocenters. The van der Waals surface area contributed by atoms with Crippen LogP contribution in [0.1, 0.15) is 76.2 Å². The van der Waals surface area contributed by atoms with Crippen LogP contribution in [-0.4, -0.2) is 71.3 Å². The van der Waals surface area contributed by atoms with Crippen molar-refractivity contribution in [1.82, 2.24) is 30.8 Å². The number of nitrogens with one attached hydrogen (secondary N) is 3. The van der Waals surface area contributed by atoms with Crippen molar-refractivity contribution in [1.29, 1.82) is 0 Å². The second-order valence-corrected chi connectivity index (χ2v) is 11.9. The predicted molar refractivity (Wildman–Crippen MR) is 157 cm³/mol. The van der Waals surface area contributed by atoms with Crippen LogP contribution in [0.4, 0.5) is 0 Å². The number of carbonyl (C=O) groups is 4. The molecule has 2 aliphatic rings. The van der Waals surface area contributed by atoms with Gasteiger partial charge < -0.3 is 30.0 Å². The van der Waals surface area contributed by atoms with E-state index in [1.807, 2.05) is 44.2 Å². The van der Waals surface area contributed by atoms with Crippen LogP contribution in [0.15, 0.2) is 46.4 Å². The summed E-state index contributed by atoms with van der Waals surface area (Å²) in [5.41, 5.74) is 1.18. The van der Waals surface area contributed by atoms with Crippen molar-refractivity contribution in [2.24, 2.45) is 11.8 Å². The van der Waals surface area contributed by atoms with Crippen molar-refractivity contribution in [2.45, 2.75) is 45.2 Å². The maximum atomic E-state index is 13.4. The van der Waals surface area contributed by atoms with Crippen molar-refractivity contribution < 1.29 is 28.3 Å². The van der Waals surface area contributed by atoms with Crippen LogP contribution in [0, 0.1) is 11.8 Å². The minimum atomic E-state index is -0.673. The van der Waals surface area contributed by atoms with Gasteiger partial charge in [-0.2, -0.15) is 0 Å². The lowest BCUT2D eigenvalue weighted by atomic mass is 9.98. The molecule has 0 aliphatic carbocycles. The third-order valence-corrected chi connectivity index (χ3v) is 8.46. The number of benzene rings is 1. The van der Waals surface area contributed by atoms with E-state index >= 15 is 0 Å². The van der Waals surface area contributed by atoms with Crippen LogP contribution < -0.4 is 16.0 Å². The van der Waals surface area contributed by atoms with Gasteiger partial charge in [0.25, 0.3) is 11.8 Å². The number of fused-ring (bicyclic) bond motifs is 4. The summed E-state index contributed by atoms with van der Waals surface area (Å²) in [5, 5.41) is 11.0. The number of hydrogen-bond acceptors (Lipinski definition) is 9. The van der Waals surface area contributed by atoms with Gasteiger partial charge in [0.1, 0.15) is 23.0 Å². The first-order valence-electron chi connectivity index (χ1n) is 14.5. The molecule has 2 aliphatic heterocycles. The van der Waals surface area contributed by atoms with Crippen LogP contribution in [0.25, 0.3) is 0 Å². The van der Waals surface area contributed by atoms with E-state index in [-0.39, 0.29) is 60.6 Å². The monoisotopic (exact) mass is 608 g/mol. The molecule has 228 valence electrons. The van der Waals surface area contributed by atoms with Gasteiger partial charge in [0.2, 0.25) is 17.7 Å².